The molecule has 2 heterocycles. The zero-order valence-corrected chi connectivity index (χ0v) is 11.7. The minimum absolute atomic E-state index is 0.409. The van der Waals surface area contributed by atoms with Crippen LogP contribution in [0.1, 0.15) is 44.9 Å². The molecule has 1 aliphatic carbocycles. The van der Waals surface area contributed by atoms with E-state index >= 15 is 0 Å². The van der Waals surface area contributed by atoms with E-state index in [1.807, 2.05) is 0 Å². The van der Waals surface area contributed by atoms with Gasteiger partial charge < -0.3 is 10.3 Å². The third-order valence-electron chi connectivity index (χ3n) is 4.03. The van der Waals surface area contributed by atoms with Crippen LogP contribution in [-0.2, 0) is 5.54 Å². The number of hydrogen-bond donors (Lipinski definition) is 1. The summed E-state index contributed by atoms with van der Waals surface area (Å²) in [5.41, 5.74) is 6.62. The van der Waals surface area contributed by atoms with E-state index in [4.69, 9.17) is 10.3 Å². The van der Waals surface area contributed by atoms with Gasteiger partial charge in [-0.1, -0.05) is 23.0 Å². The first kappa shape index (κ1) is 12.7. The molecule has 0 amide bonds. The SMILES string of the molecule is CCC1CCC(N)(c2noc(-c3csnn3)n2)CC1. The largest absolute Gasteiger partial charge is 0.332 e. The summed E-state index contributed by atoms with van der Waals surface area (Å²) in [4.78, 5) is 4.40. The van der Waals surface area contributed by atoms with E-state index in [0.717, 1.165) is 31.6 Å². The Morgan fingerprint density at radius 3 is 2.89 bits per heavy atom. The summed E-state index contributed by atoms with van der Waals surface area (Å²) in [6.07, 6.45) is 5.32. The summed E-state index contributed by atoms with van der Waals surface area (Å²) in [6, 6.07) is 0. The fourth-order valence-electron chi connectivity index (χ4n) is 2.61. The Morgan fingerprint density at radius 1 is 1.47 bits per heavy atom. The molecule has 1 aliphatic rings. The predicted molar refractivity (Wildman–Crippen MR) is 71.3 cm³/mol. The van der Waals surface area contributed by atoms with Gasteiger partial charge in [-0.3, -0.25) is 0 Å². The molecule has 2 aromatic rings. The van der Waals surface area contributed by atoms with Gasteiger partial charge in [0.1, 0.15) is 0 Å². The summed E-state index contributed by atoms with van der Waals surface area (Å²) in [6.45, 7) is 2.23. The quantitative estimate of drug-likeness (QED) is 0.927. The lowest BCUT2D eigenvalue weighted by Crippen LogP contribution is -2.41. The van der Waals surface area contributed by atoms with Gasteiger partial charge in [-0.05, 0) is 43.1 Å². The Labute approximate surface area is 115 Å². The number of nitrogens with two attached hydrogens (primary N) is 1. The van der Waals surface area contributed by atoms with Crippen molar-refractivity contribution in [3.63, 3.8) is 0 Å². The van der Waals surface area contributed by atoms with Crippen LogP contribution in [-0.4, -0.2) is 19.7 Å². The molecule has 1 fully saturated rings. The van der Waals surface area contributed by atoms with Crippen molar-refractivity contribution in [3.8, 4) is 11.6 Å². The average Bonchev–Trinajstić information content (AvgIpc) is 3.10. The van der Waals surface area contributed by atoms with Crippen LogP contribution in [0.4, 0.5) is 0 Å². The molecule has 3 rings (SSSR count). The molecular formula is C12H17N5OS. The van der Waals surface area contributed by atoms with E-state index in [1.54, 1.807) is 5.38 Å². The monoisotopic (exact) mass is 279 g/mol. The van der Waals surface area contributed by atoms with Crippen LogP contribution in [0, 0.1) is 5.92 Å². The van der Waals surface area contributed by atoms with Gasteiger partial charge in [-0.25, -0.2) is 0 Å². The molecule has 0 saturated heterocycles. The molecule has 1 saturated carbocycles. The van der Waals surface area contributed by atoms with Crippen LogP contribution in [0.15, 0.2) is 9.90 Å². The third-order valence-corrected chi connectivity index (χ3v) is 4.53. The third kappa shape index (κ3) is 2.40. The summed E-state index contributed by atoms with van der Waals surface area (Å²) >= 11 is 1.26. The van der Waals surface area contributed by atoms with E-state index in [1.165, 1.54) is 18.0 Å². The molecule has 0 atom stereocenters. The van der Waals surface area contributed by atoms with E-state index < -0.39 is 5.54 Å². The van der Waals surface area contributed by atoms with Gasteiger partial charge in [0, 0.05) is 5.38 Å². The molecule has 0 spiro atoms. The molecule has 6 nitrogen and oxygen atoms in total. The second-order valence-electron chi connectivity index (χ2n) is 5.22. The molecule has 2 N–H and O–H groups in total. The lowest BCUT2D eigenvalue weighted by atomic mass is 9.76. The normalized spacial score (nSPS) is 27.6. The molecular weight excluding hydrogens is 262 g/mol. The highest BCUT2D eigenvalue weighted by Crippen LogP contribution is 2.37. The topological polar surface area (TPSA) is 90.7 Å². The van der Waals surface area contributed by atoms with E-state index in [9.17, 15) is 0 Å². The van der Waals surface area contributed by atoms with Crippen molar-refractivity contribution in [3.05, 3.63) is 11.2 Å². The highest BCUT2D eigenvalue weighted by Gasteiger charge is 2.37. The first-order valence-electron chi connectivity index (χ1n) is 6.62. The highest BCUT2D eigenvalue weighted by molar-refractivity contribution is 7.03. The molecule has 0 unspecified atom stereocenters. The Balaban J connectivity index is 1.79. The molecule has 0 radical (unpaired) electrons. The number of aromatic nitrogens is 4. The maximum Gasteiger partial charge on any atom is 0.279 e. The van der Waals surface area contributed by atoms with Crippen LogP contribution in [0.3, 0.4) is 0 Å². The molecule has 19 heavy (non-hydrogen) atoms. The Hall–Kier alpha value is -1.34. The second-order valence-corrected chi connectivity index (χ2v) is 5.83. The highest BCUT2D eigenvalue weighted by atomic mass is 32.1. The lowest BCUT2D eigenvalue weighted by molar-refractivity contribution is 0.216. The maximum absolute atomic E-state index is 6.45. The van der Waals surface area contributed by atoms with Gasteiger partial charge in [0.05, 0.1) is 5.54 Å². The zero-order chi connectivity index (χ0) is 13.3. The van der Waals surface area contributed by atoms with E-state index in [2.05, 4.69) is 26.7 Å². The van der Waals surface area contributed by atoms with Crippen LogP contribution in [0.5, 0.6) is 0 Å². The van der Waals surface area contributed by atoms with E-state index in [-0.39, 0.29) is 0 Å². The van der Waals surface area contributed by atoms with Gasteiger partial charge in [0.2, 0.25) is 0 Å². The Morgan fingerprint density at radius 2 is 2.26 bits per heavy atom. The smallest absolute Gasteiger partial charge is 0.279 e. The van der Waals surface area contributed by atoms with Crippen molar-refractivity contribution in [2.45, 2.75) is 44.6 Å². The number of hydrogen-bond acceptors (Lipinski definition) is 7. The molecule has 0 aromatic carbocycles. The minimum Gasteiger partial charge on any atom is -0.332 e. The minimum atomic E-state index is -0.448. The number of rotatable bonds is 3. The number of nitrogens with zero attached hydrogens (tertiary/aromatic N) is 4. The van der Waals surface area contributed by atoms with E-state index in [0.29, 0.717) is 17.4 Å². The van der Waals surface area contributed by atoms with Crippen molar-refractivity contribution in [2.75, 3.05) is 0 Å². The molecule has 7 heteroatoms. The molecule has 0 bridgehead atoms. The first-order chi connectivity index (χ1) is 9.21. The fourth-order valence-corrected chi connectivity index (χ4v) is 3.04. The van der Waals surface area contributed by atoms with Gasteiger partial charge in [-0.15, -0.1) is 5.10 Å². The van der Waals surface area contributed by atoms with Crippen LogP contribution < -0.4 is 5.73 Å². The van der Waals surface area contributed by atoms with Crippen molar-refractivity contribution in [1.29, 1.82) is 0 Å². The predicted octanol–water partition coefficient (Wildman–Crippen LogP) is 2.34. The first-order valence-corrected chi connectivity index (χ1v) is 7.45. The van der Waals surface area contributed by atoms with Gasteiger partial charge in [-0.2, -0.15) is 4.98 Å². The van der Waals surface area contributed by atoms with Crippen molar-refractivity contribution in [2.24, 2.45) is 11.7 Å². The van der Waals surface area contributed by atoms with Crippen molar-refractivity contribution < 1.29 is 4.52 Å². The zero-order valence-electron chi connectivity index (χ0n) is 10.9. The van der Waals surface area contributed by atoms with Gasteiger partial charge in [0.25, 0.3) is 5.89 Å². The molecule has 0 aliphatic heterocycles. The summed E-state index contributed by atoms with van der Waals surface area (Å²) in [7, 11) is 0. The molecule has 102 valence electrons. The fraction of sp³-hybridized carbons (Fsp3) is 0.667. The van der Waals surface area contributed by atoms with Gasteiger partial charge >= 0.3 is 0 Å². The van der Waals surface area contributed by atoms with Crippen molar-refractivity contribution in [1.82, 2.24) is 19.7 Å². The summed E-state index contributed by atoms with van der Waals surface area (Å²) in [5, 5.41) is 9.75. The second kappa shape index (κ2) is 4.97. The average molecular weight is 279 g/mol. The Kier molecular flexibility index (Phi) is 3.32. The van der Waals surface area contributed by atoms with Crippen LogP contribution >= 0.6 is 11.5 Å². The maximum atomic E-state index is 6.45. The van der Waals surface area contributed by atoms with Crippen molar-refractivity contribution >= 4 is 11.5 Å². The standard InChI is InChI=1S/C12H17N5OS/c1-2-8-3-5-12(13,6-4-8)11-14-10(18-16-11)9-7-19-17-15-9/h7-8H,2-6,13H2,1H3. The van der Waals surface area contributed by atoms with Crippen LogP contribution in [0.2, 0.25) is 0 Å². The van der Waals surface area contributed by atoms with Crippen LogP contribution in [0.25, 0.3) is 11.6 Å². The summed E-state index contributed by atoms with van der Waals surface area (Å²) < 4.78 is 9.03. The van der Waals surface area contributed by atoms with Gasteiger partial charge in [0.15, 0.2) is 11.5 Å². The Bertz CT molecular complexity index is 530. The summed E-state index contributed by atoms with van der Waals surface area (Å²) in [5.74, 6) is 1.79. The molecule has 2 aromatic heterocycles. The lowest BCUT2D eigenvalue weighted by Gasteiger charge is -2.34.